The second-order valence-corrected chi connectivity index (χ2v) is 12.8. The van der Waals surface area contributed by atoms with Crippen molar-refractivity contribution in [1.29, 1.82) is 0 Å². The topological polar surface area (TPSA) is 85.7 Å². The van der Waals surface area contributed by atoms with Crippen molar-refractivity contribution in [3.05, 3.63) is 59.2 Å². The van der Waals surface area contributed by atoms with Crippen molar-refractivity contribution in [3.63, 3.8) is 0 Å². The molecule has 0 radical (unpaired) electrons. The Labute approximate surface area is 256 Å². The number of amides is 1. The molecule has 2 aliphatic heterocycles. The summed E-state index contributed by atoms with van der Waals surface area (Å²) in [6.07, 6.45) is 1.37. The van der Waals surface area contributed by atoms with Crippen molar-refractivity contribution >= 4 is 22.9 Å². The molecule has 0 unspecified atom stereocenters. The number of imidazole rings is 1. The zero-order valence-corrected chi connectivity index (χ0v) is 25.2. The summed E-state index contributed by atoms with van der Waals surface area (Å²) in [4.78, 5) is 23.1. The molecule has 0 atom stereocenters. The quantitative estimate of drug-likeness (QED) is 0.327. The molecule has 3 heterocycles. The van der Waals surface area contributed by atoms with Crippen LogP contribution in [0, 0.1) is 11.8 Å². The number of aromatic nitrogens is 2. The minimum atomic E-state index is -4.54. The van der Waals surface area contributed by atoms with Crippen molar-refractivity contribution in [2.24, 2.45) is 11.8 Å². The molecular weight excluding hydrogens is 569 g/mol. The molecule has 2 saturated heterocycles. The van der Waals surface area contributed by atoms with Crippen LogP contribution >= 0.6 is 0 Å². The summed E-state index contributed by atoms with van der Waals surface area (Å²) in [6.45, 7) is 8.60. The zero-order valence-electron chi connectivity index (χ0n) is 25.2. The Morgan fingerprint density at radius 2 is 1.66 bits per heavy atom. The van der Waals surface area contributed by atoms with Crippen molar-refractivity contribution in [2.75, 3.05) is 57.7 Å². The summed E-state index contributed by atoms with van der Waals surface area (Å²) in [5.41, 5.74) is 1.87. The number of anilines is 1. The summed E-state index contributed by atoms with van der Waals surface area (Å²) in [5.74, 6) is 0.774. The van der Waals surface area contributed by atoms with E-state index in [1.165, 1.54) is 31.5 Å². The number of hydrogen-bond donors (Lipinski definition) is 3. The lowest BCUT2D eigenvalue weighted by Crippen LogP contribution is -2.48. The van der Waals surface area contributed by atoms with E-state index >= 15 is 0 Å². The molecule has 1 amide bonds. The standard InChI is InChI=1S/C33H43F3N6O2/c34-33(35,36)27-3-1-2-26(19-27)31(44)39-32-38-29-18-25(6-9-30(29)42(32)28-7-4-24(22-43)5-8-28)21-41-16-14-40(15-17-41)20-23-10-12-37-13-11-23/h1-3,6,9,18-19,23-24,28,37,43H,4-5,7-8,10-17,20-22H2,(H,38,39,44). The van der Waals surface area contributed by atoms with Gasteiger partial charge in [-0.2, -0.15) is 13.2 Å². The first-order valence-corrected chi connectivity index (χ1v) is 16.0. The van der Waals surface area contributed by atoms with E-state index in [0.717, 1.165) is 106 Å². The van der Waals surface area contributed by atoms with E-state index in [1.807, 2.05) is 4.57 Å². The van der Waals surface area contributed by atoms with Gasteiger partial charge >= 0.3 is 6.18 Å². The highest BCUT2D eigenvalue weighted by Crippen LogP contribution is 2.37. The molecular formula is C33H43F3N6O2. The van der Waals surface area contributed by atoms with Gasteiger partial charge in [-0.05, 0) is 99.3 Å². The normalized spacial score (nSPS) is 22.8. The average Bonchev–Trinajstić information content (AvgIpc) is 3.39. The number of aliphatic hydroxyl groups excluding tert-OH is 1. The average molecular weight is 613 g/mol. The number of carbonyl (C=O) groups is 1. The zero-order chi connectivity index (χ0) is 30.7. The molecule has 238 valence electrons. The maximum atomic E-state index is 13.3. The van der Waals surface area contributed by atoms with E-state index in [-0.39, 0.29) is 24.1 Å². The molecule has 0 bridgehead atoms. The monoisotopic (exact) mass is 612 g/mol. The fourth-order valence-corrected chi connectivity index (χ4v) is 7.11. The summed E-state index contributed by atoms with van der Waals surface area (Å²) in [7, 11) is 0. The molecule has 3 aliphatic rings. The lowest BCUT2D eigenvalue weighted by Gasteiger charge is -2.37. The van der Waals surface area contributed by atoms with Crippen LogP contribution in [0.5, 0.6) is 0 Å². The van der Waals surface area contributed by atoms with Gasteiger partial charge in [0.25, 0.3) is 5.91 Å². The van der Waals surface area contributed by atoms with E-state index in [9.17, 15) is 23.1 Å². The summed E-state index contributed by atoms with van der Waals surface area (Å²) < 4.78 is 42.0. The minimum absolute atomic E-state index is 0.0672. The molecule has 44 heavy (non-hydrogen) atoms. The van der Waals surface area contributed by atoms with Gasteiger partial charge in [0.1, 0.15) is 0 Å². The van der Waals surface area contributed by atoms with Crippen LogP contribution in [0.25, 0.3) is 11.0 Å². The van der Waals surface area contributed by atoms with Gasteiger partial charge in [-0.25, -0.2) is 4.98 Å². The number of piperidine rings is 1. The molecule has 3 fully saturated rings. The Morgan fingerprint density at radius 3 is 2.36 bits per heavy atom. The van der Waals surface area contributed by atoms with Gasteiger partial charge < -0.3 is 19.9 Å². The van der Waals surface area contributed by atoms with Crippen molar-refractivity contribution < 1.29 is 23.1 Å². The molecule has 1 aliphatic carbocycles. The molecule has 3 N–H and O–H groups in total. The molecule has 1 saturated carbocycles. The SMILES string of the molecule is O=C(Nc1nc2cc(CN3CCN(CC4CCNCC4)CC3)ccc2n1C1CCC(CO)CC1)c1cccc(C(F)(F)F)c1. The number of hydrogen-bond acceptors (Lipinski definition) is 6. The highest BCUT2D eigenvalue weighted by atomic mass is 19.4. The van der Waals surface area contributed by atoms with Gasteiger partial charge in [0.2, 0.25) is 5.95 Å². The van der Waals surface area contributed by atoms with Crippen molar-refractivity contribution in [2.45, 2.75) is 57.3 Å². The number of benzene rings is 2. The third-order valence-corrected chi connectivity index (χ3v) is 9.72. The number of carbonyl (C=O) groups excluding carboxylic acids is 1. The lowest BCUT2D eigenvalue weighted by atomic mass is 9.86. The Balaban J connectivity index is 1.18. The second kappa shape index (κ2) is 13.6. The number of piperazine rings is 1. The predicted molar refractivity (Wildman–Crippen MR) is 165 cm³/mol. The Morgan fingerprint density at radius 1 is 0.932 bits per heavy atom. The van der Waals surface area contributed by atoms with Gasteiger partial charge in [-0.15, -0.1) is 0 Å². The fourth-order valence-electron chi connectivity index (χ4n) is 7.11. The van der Waals surface area contributed by atoms with E-state index < -0.39 is 17.6 Å². The number of nitrogens with zero attached hydrogens (tertiary/aromatic N) is 4. The largest absolute Gasteiger partial charge is 0.416 e. The number of rotatable bonds is 8. The van der Waals surface area contributed by atoms with Crippen LogP contribution in [0.1, 0.15) is 66.1 Å². The van der Waals surface area contributed by atoms with Gasteiger partial charge in [-0.3, -0.25) is 15.0 Å². The van der Waals surface area contributed by atoms with Gasteiger partial charge in [-0.1, -0.05) is 12.1 Å². The van der Waals surface area contributed by atoms with Crippen LogP contribution in [0.15, 0.2) is 42.5 Å². The number of nitrogens with one attached hydrogen (secondary N) is 2. The maximum Gasteiger partial charge on any atom is 0.416 e. The predicted octanol–water partition coefficient (Wildman–Crippen LogP) is 5.15. The minimum Gasteiger partial charge on any atom is -0.396 e. The van der Waals surface area contributed by atoms with E-state index in [4.69, 9.17) is 4.98 Å². The van der Waals surface area contributed by atoms with Crippen LogP contribution in [-0.2, 0) is 12.7 Å². The molecule has 3 aromatic rings. The maximum absolute atomic E-state index is 13.3. The van der Waals surface area contributed by atoms with Gasteiger partial charge in [0.05, 0.1) is 16.6 Å². The number of aliphatic hydroxyl groups is 1. The fraction of sp³-hybridized carbons (Fsp3) is 0.576. The number of fused-ring (bicyclic) bond motifs is 1. The third-order valence-electron chi connectivity index (χ3n) is 9.72. The third kappa shape index (κ3) is 7.28. The highest BCUT2D eigenvalue weighted by Gasteiger charge is 2.32. The molecule has 8 nitrogen and oxygen atoms in total. The van der Waals surface area contributed by atoms with Crippen molar-refractivity contribution in [1.82, 2.24) is 24.7 Å². The number of alkyl halides is 3. The highest BCUT2D eigenvalue weighted by molar-refractivity contribution is 6.04. The lowest BCUT2D eigenvalue weighted by molar-refractivity contribution is -0.137. The molecule has 11 heteroatoms. The van der Waals surface area contributed by atoms with Crippen molar-refractivity contribution in [3.8, 4) is 0 Å². The molecule has 0 spiro atoms. The van der Waals surface area contributed by atoms with Crippen LogP contribution in [0.2, 0.25) is 0 Å². The summed E-state index contributed by atoms with van der Waals surface area (Å²) in [5, 5.41) is 15.9. The van der Waals surface area contributed by atoms with Crippen LogP contribution < -0.4 is 10.6 Å². The molecule has 1 aromatic heterocycles. The first-order valence-electron chi connectivity index (χ1n) is 16.0. The Bertz CT molecular complexity index is 1420. The van der Waals surface area contributed by atoms with Gasteiger partial charge in [0, 0.05) is 57.5 Å². The Kier molecular flexibility index (Phi) is 9.56. The van der Waals surface area contributed by atoms with Crippen LogP contribution in [0.4, 0.5) is 19.1 Å². The summed E-state index contributed by atoms with van der Waals surface area (Å²) >= 11 is 0. The second-order valence-electron chi connectivity index (χ2n) is 12.8. The van der Waals surface area contributed by atoms with Crippen LogP contribution in [-0.4, -0.2) is 82.8 Å². The number of halogens is 3. The first kappa shape index (κ1) is 31.0. The van der Waals surface area contributed by atoms with Crippen LogP contribution in [0.3, 0.4) is 0 Å². The Hall–Kier alpha value is -2.99. The first-order chi connectivity index (χ1) is 21.3. The van der Waals surface area contributed by atoms with E-state index in [0.29, 0.717) is 5.95 Å². The van der Waals surface area contributed by atoms with E-state index in [1.54, 1.807) is 0 Å². The summed E-state index contributed by atoms with van der Waals surface area (Å²) in [6, 6.07) is 10.8. The molecule has 2 aromatic carbocycles. The van der Waals surface area contributed by atoms with Gasteiger partial charge in [0.15, 0.2) is 0 Å². The van der Waals surface area contributed by atoms with E-state index in [2.05, 4.69) is 38.6 Å². The smallest absolute Gasteiger partial charge is 0.396 e. The molecule has 6 rings (SSSR count).